The predicted molar refractivity (Wildman–Crippen MR) is 23.9 cm³/mol. The van der Waals surface area contributed by atoms with Crippen LogP contribution in [0.2, 0.25) is 0 Å². The number of nitrogens with one attached hydrogen (secondary N) is 3. The molecule has 1 rings (SSSR count). The van der Waals surface area contributed by atoms with E-state index < -0.39 is 0 Å². The van der Waals surface area contributed by atoms with Crippen LogP contribution < -0.4 is 16.2 Å². The number of rotatable bonds is 0. The summed E-state index contributed by atoms with van der Waals surface area (Å²) in [5, 5.41) is 2.39. The van der Waals surface area contributed by atoms with E-state index in [2.05, 4.69) is 16.2 Å². The Balaban J connectivity index is 2.47. The Labute approximate surface area is 40.6 Å². The van der Waals surface area contributed by atoms with Crippen LogP contribution in [-0.4, -0.2) is 6.03 Å². The van der Waals surface area contributed by atoms with Crippen LogP contribution in [0.5, 0.6) is 0 Å². The molecule has 0 unspecified atom stereocenters. The van der Waals surface area contributed by atoms with Gasteiger partial charge in [0.05, 0.1) is 0 Å². The first kappa shape index (κ1) is 3.98. The monoisotopic (exact) mass is 99.0 g/mol. The highest BCUT2D eigenvalue weighted by Gasteiger charge is 1.94. The third-order valence-electron chi connectivity index (χ3n) is 0.567. The Hall–Kier alpha value is -1.19. The van der Waals surface area contributed by atoms with Crippen molar-refractivity contribution in [2.75, 3.05) is 0 Å². The highest BCUT2D eigenvalue weighted by atomic mass is 16.2. The van der Waals surface area contributed by atoms with E-state index in [0.717, 1.165) is 0 Å². The SMILES string of the molecule is O=C1NC=CNN1. The summed E-state index contributed by atoms with van der Waals surface area (Å²) in [6.07, 6.45) is 3.10. The van der Waals surface area contributed by atoms with E-state index in [1.54, 1.807) is 6.20 Å². The molecule has 3 N–H and O–H groups in total. The first-order chi connectivity index (χ1) is 3.39. The number of urea groups is 1. The van der Waals surface area contributed by atoms with Crippen LogP contribution in [0.25, 0.3) is 0 Å². The first-order valence-corrected chi connectivity index (χ1v) is 1.86. The molecule has 0 spiro atoms. The van der Waals surface area contributed by atoms with Crippen LogP contribution in [0.15, 0.2) is 12.4 Å². The van der Waals surface area contributed by atoms with Gasteiger partial charge < -0.3 is 10.7 Å². The second-order valence-electron chi connectivity index (χ2n) is 1.08. The van der Waals surface area contributed by atoms with Crippen LogP contribution in [0.1, 0.15) is 0 Å². The largest absolute Gasteiger partial charge is 0.337 e. The van der Waals surface area contributed by atoms with Gasteiger partial charge in [0.15, 0.2) is 0 Å². The molecule has 4 heteroatoms. The molecular formula is C3H5N3O. The summed E-state index contributed by atoms with van der Waals surface area (Å²) in [4.78, 5) is 10.1. The Morgan fingerprint density at radius 2 is 2.29 bits per heavy atom. The summed E-state index contributed by atoms with van der Waals surface area (Å²) >= 11 is 0. The Kier molecular flexibility index (Phi) is 0.856. The average molecular weight is 99.1 g/mol. The van der Waals surface area contributed by atoms with Crippen molar-refractivity contribution in [1.82, 2.24) is 16.2 Å². The van der Waals surface area contributed by atoms with Gasteiger partial charge in [-0.25, -0.2) is 4.79 Å². The molecule has 0 saturated heterocycles. The summed E-state index contributed by atoms with van der Waals surface area (Å²) in [6, 6.07) is -0.234. The third kappa shape index (κ3) is 0.819. The summed E-state index contributed by atoms with van der Waals surface area (Å²) < 4.78 is 0. The van der Waals surface area contributed by atoms with Gasteiger partial charge in [0.1, 0.15) is 0 Å². The molecule has 1 aliphatic rings. The van der Waals surface area contributed by atoms with Crippen molar-refractivity contribution < 1.29 is 4.79 Å². The number of hydrazine groups is 1. The maximum Gasteiger partial charge on any atom is 0.337 e. The number of amides is 2. The van der Waals surface area contributed by atoms with Gasteiger partial charge in [-0.15, -0.1) is 0 Å². The summed E-state index contributed by atoms with van der Waals surface area (Å²) in [5.74, 6) is 0. The van der Waals surface area contributed by atoms with E-state index in [1.807, 2.05) is 0 Å². The Morgan fingerprint density at radius 3 is 2.57 bits per heavy atom. The smallest absolute Gasteiger partial charge is 0.312 e. The molecule has 0 aliphatic carbocycles. The van der Waals surface area contributed by atoms with E-state index in [0.29, 0.717) is 0 Å². The molecule has 0 aromatic rings. The van der Waals surface area contributed by atoms with E-state index in [1.165, 1.54) is 6.20 Å². The lowest BCUT2D eigenvalue weighted by Gasteiger charge is -2.07. The molecule has 0 aromatic carbocycles. The fourth-order valence-corrected chi connectivity index (χ4v) is 0.302. The molecule has 0 aromatic heterocycles. The second-order valence-corrected chi connectivity index (χ2v) is 1.08. The van der Waals surface area contributed by atoms with Crippen molar-refractivity contribution in [3.8, 4) is 0 Å². The Morgan fingerprint density at radius 1 is 1.43 bits per heavy atom. The van der Waals surface area contributed by atoms with Crippen molar-refractivity contribution in [1.29, 1.82) is 0 Å². The molecule has 0 fully saturated rings. The zero-order valence-corrected chi connectivity index (χ0v) is 3.56. The minimum atomic E-state index is -0.234. The maximum atomic E-state index is 10.1. The lowest BCUT2D eigenvalue weighted by molar-refractivity contribution is 0.240. The molecule has 0 radical (unpaired) electrons. The van der Waals surface area contributed by atoms with Crippen molar-refractivity contribution in [2.45, 2.75) is 0 Å². The molecule has 7 heavy (non-hydrogen) atoms. The second kappa shape index (κ2) is 1.51. The molecule has 0 bridgehead atoms. The number of carbonyl (C=O) groups excluding carboxylic acids is 1. The van der Waals surface area contributed by atoms with Crippen LogP contribution >= 0.6 is 0 Å². The average Bonchev–Trinajstić information content (AvgIpc) is 1.69. The van der Waals surface area contributed by atoms with E-state index in [9.17, 15) is 4.79 Å². The van der Waals surface area contributed by atoms with E-state index >= 15 is 0 Å². The summed E-state index contributed by atoms with van der Waals surface area (Å²) in [6.45, 7) is 0. The molecule has 1 heterocycles. The van der Waals surface area contributed by atoms with Crippen LogP contribution in [-0.2, 0) is 0 Å². The molecule has 38 valence electrons. The molecular weight excluding hydrogens is 94.1 g/mol. The maximum absolute atomic E-state index is 10.1. The van der Waals surface area contributed by atoms with E-state index in [4.69, 9.17) is 0 Å². The lowest BCUT2D eigenvalue weighted by Crippen LogP contribution is -2.43. The third-order valence-corrected chi connectivity index (χ3v) is 0.567. The summed E-state index contributed by atoms with van der Waals surface area (Å²) in [7, 11) is 0. The molecule has 1 aliphatic heterocycles. The quantitative estimate of drug-likeness (QED) is 0.375. The van der Waals surface area contributed by atoms with E-state index in [-0.39, 0.29) is 6.03 Å². The minimum absolute atomic E-state index is 0.234. The van der Waals surface area contributed by atoms with Gasteiger partial charge in [-0.2, -0.15) is 0 Å². The van der Waals surface area contributed by atoms with Crippen molar-refractivity contribution >= 4 is 6.03 Å². The van der Waals surface area contributed by atoms with Gasteiger partial charge in [0.2, 0.25) is 0 Å². The van der Waals surface area contributed by atoms with Gasteiger partial charge in [0.25, 0.3) is 0 Å². The molecule has 0 atom stereocenters. The number of hydrogen-bond acceptors (Lipinski definition) is 2. The normalized spacial score (nSPS) is 16.9. The van der Waals surface area contributed by atoms with Gasteiger partial charge in [-0.1, -0.05) is 0 Å². The number of hydrogen-bond donors (Lipinski definition) is 3. The highest BCUT2D eigenvalue weighted by molar-refractivity contribution is 5.75. The topological polar surface area (TPSA) is 53.2 Å². The number of carbonyl (C=O) groups is 1. The highest BCUT2D eigenvalue weighted by Crippen LogP contribution is 1.67. The standard InChI is InChI=1S/C3H5N3O/c7-3-4-1-2-5-6-3/h1-2,5H,(H2,4,6,7). The minimum Gasteiger partial charge on any atom is -0.312 e. The molecule has 2 amide bonds. The van der Waals surface area contributed by atoms with Crippen molar-refractivity contribution in [3.05, 3.63) is 12.4 Å². The zero-order chi connectivity index (χ0) is 5.11. The van der Waals surface area contributed by atoms with Crippen molar-refractivity contribution in [3.63, 3.8) is 0 Å². The molecule has 0 saturated carbocycles. The van der Waals surface area contributed by atoms with Crippen LogP contribution in [0.3, 0.4) is 0 Å². The predicted octanol–water partition coefficient (Wildman–Crippen LogP) is -0.725. The zero-order valence-electron chi connectivity index (χ0n) is 3.56. The lowest BCUT2D eigenvalue weighted by atomic mass is 10.8. The van der Waals surface area contributed by atoms with Gasteiger partial charge >= 0.3 is 6.03 Å². The first-order valence-electron chi connectivity index (χ1n) is 1.86. The van der Waals surface area contributed by atoms with Gasteiger partial charge in [-0.05, 0) is 0 Å². The van der Waals surface area contributed by atoms with Crippen LogP contribution in [0, 0.1) is 0 Å². The Bertz CT molecular complexity index is 109. The fraction of sp³-hybridized carbons (Fsp3) is 0. The fourth-order valence-electron chi connectivity index (χ4n) is 0.302. The summed E-state index contributed by atoms with van der Waals surface area (Å²) in [5.41, 5.74) is 4.79. The van der Waals surface area contributed by atoms with Crippen molar-refractivity contribution in [2.24, 2.45) is 0 Å². The van der Waals surface area contributed by atoms with Crippen LogP contribution in [0.4, 0.5) is 4.79 Å². The molecule has 4 nitrogen and oxygen atoms in total. The van der Waals surface area contributed by atoms with Gasteiger partial charge in [0, 0.05) is 12.4 Å². The van der Waals surface area contributed by atoms with Gasteiger partial charge in [-0.3, -0.25) is 5.43 Å².